The molecule has 0 atom stereocenters. The lowest BCUT2D eigenvalue weighted by molar-refractivity contribution is -0.123. The Morgan fingerprint density at radius 3 is 2.41 bits per heavy atom. The summed E-state index contributed by atoms with van der Waals surface area (Å²) in [5, 5.41) is 5.70. The summed E-state index contributed by atoms with van der Waals surface area (Å²) in [6.07, 6.45) is 5.93. The normalized spacial score (nSPS) is 18.3. The van der Waals surface area contributed by atoms with E-state index < -0.39 is 0 Å². The van der Waals surface area contributed by atoms with E-state index in [2.05, 4.69) is 15.2 Å². The van der Waals surface area contributed by atoms with Crippen LogP contribution in [0.2, 0.25) is 0 Å². The monoisotopic (exact) mass is 437 g/mol. The van der Waals surface area contributed by atoms with E-state index in [1.54, 1.807) is 5.38 Å². The van der Waals surface area contributed by atoms with Crippen molar-refractivity contribution in [1.29, 1.82) is 0 Å². The number of nitrogens with one attached hydrogen (secondary N) is 1. The van der Waals surface area contributed by atoms with Crippen molar-refractivity contribution in [2.24, 2.45) is 5.73 Å². The minimum atomic E-state index is -0.0396. The van der Waals surface area contributed by atoms with E-state index in [4.69, 9.17) is 5.73 Å². The van der Waals surface area contributed by atoms with Crippen molar-refractivity contribution in [2.45, 2.75) is 44.7 Å². The highest BCUT2D eigenvalue weighted by atomic mass is 35.5. The molecule has 3 rings (SSSR count). The molecule has 27 heavy (non-hydrogen) atoms. The van der Waals surface area contributed by atoms with Gasteiger partial charge in [-0.05, 0) is 12.8 Å². The fourth-order valence-electron chi connectivity index (χ4n) is 3.50. The van der Waals surface area contributed by atoms with Gasteiger partial charge in [0.2, 0.25) is 5.91 Å². The molecule has 154 valence electrons. The van der Waals surface area contributed by atoms with Crippen LogP contribution in [0.3, 0.4) is 0 Å². The van der Waals surface area contributed by atoms with E-state index in [1.807, 2.05) is 4.90 Å². The van der Waals surface area contributed by atoms with Gasteiger partial charge in [0.05, 0.1) is 6.54 Å². The van der Waals surface area contributed by atoms with Crippen LogP contribution in [-0.2, 0) is 11.3 Å². The van der Waals surface area contributed by atoms with Gasteiger partial charge in [-0.1, -0.05) is 19.3 Å². The van der Waals surface area contributed by atoms with E-state index in [0.717, 1.165) is 30.9 Å². The van der Waals surface area contributed by atoms with E-state index >= 15 is 0 Å². The van der Waals surface area contributed by atoms with Crippen molar-refractivity contribution in [1.82, 2.24) is 20.1 Å². The Balaban J connectivity index is 0.00000182. The van der Waals surface area contributed by atoms with Crippen LogP contribution in [0.4, 0.5) is 0 Å². The minimum absolute atomic E-state index is 0. The van der Waals surface area contributed by atoms with Gasteiger partial charge in [-0.3, -0.25) is 14.5 Å². The van der Waals surface area contributed by atoms with Crippen LogP contribution in [0.1, 0.15) is 47.6 Å². The Kier molecular flexibility index (Phi) is 10.5. The number of thiazole rings is 1. The number of nitrogens with zero attached hydrogens (tertiary/aromatic N) is 3. The van der Waals surface area contributed by atoms with Crippen molar-refractivity contribution in [3.8, 4) is 0 Å². The van der Waals surface area contributed by atoms with Crippen molar-refractivity contribution in [2.75, 3.05) is 32.7 Å². The van der Waals surface area contributed by atoms with Crippen molar-refractivity contribution in [3.63, 3.8) is 0 Å². The molecule has 1 aliphatic carbocycles. The minimum Gasteiger partial charge on any atom is -0.352 e. The van der Waals surface area contributed by atoms with Crippen molar-refractivity contribution < 1.29 is 9.59 Å². The summed E-state index contributed by atoms with van der Waals surface area (Å²) in [6, 6.07) is 0.352. The largest absolute Gasteiger partial charge is 0.352 e. The molecule has 0 aromatic carbocycles. The van der Waals surface area contributed by atoms with Crippen LogP contribution in [0.15, 0.2) is 5.38 Å². The third kappa shape index (κ3) is 6.87. The molecule has 1 saturated carbocycles. The molecule has 0 unspecified atom stereocenters. The molecule has 1 aromatic rings. The van der Waals surface area contributed by atoms with Gasteiger partial charge in [-0.25, -0.2) is 4.98 Å². The predicted molar refractivity (Wildman–Crippen MR) is 112 cm³/mol. The number of rotatable bonds is 5. The number of piperazine rings is 1. The van der Waals surface area contributed by atoms with Gasteiger partial charge in [0.25, 0.3) is 5.91 Å². The van der Waals surface area contributed by atoms with E-state index in [1.165, 1.54) is 30.6 Å². The van der Waals surface area contributed by atoms with Crippen LogP contribution in [-0.4, -0.2) is 65.4 Å². The van der Waals surface area contributed by atoms with Crippen molar-refractivity contribution in [3.05, 3.63) is 16.1 Å². The zero-order chi connectivity index (χ0) is 17.6. The number of amides is 2. The second kappa shape index (κ2) is 11.8. The van der Waals surface area contributed by atoms with Crippen LogP contribution in [0.25, 0.3) is 0 Å². The molecule has 3 N–H and O–H groups in total. The molecule has 2 aliphatic rings. The summed E-state index contributed by atoms with van der Waals surface area (Å²) in [7, 11) is 0. The van der Waals surface area contributed by atoms with E-state index in [-0.39, 0.29) is 36.6 Å². The lowest BCUT2D eigenvalue weighted by Crippen LogP contribution is -2.52. The highest BCUT2D eigenvalue weighted by Crippen LogP contribution is 2.17. The van der Waals surface area contributed by atoms with E-state index in [9.17, 15) is 9.59 Å². The molecule has 10 heteroatoms. The predicted octanol–water partition coefficient (Wildman–Crippen LogP) is 1.65. The molecule has 2 amide bonds. The van der Waals surface area contributed by atoms with Gasteiger partial charge in [0, 0.05) is 44.1 Å². The average Bonchev–Trinajstić information content (AvgIpc) is 3.12. The van der Waals surface area contributed by atoms with Crippen molar-refractivity contribution >= 4 is 48.0 Å². The molecule has 0 bridgehead atoms. The van der Waals surface area contributed by atoms with Gasteiger partial charge in [0.15, 0.2) is 0 Å². The number of halogens is 2. The first kappa shape index (κ1) is 24.1. The summed E-state index contributed by atoms with van der Waals surface area (Å²) in [4.78, 5) is 32.8. The zero-order valence-corrected chi connectivity index (χ0v) is 17.8. The number of hydrogen-bond acceptors (Lipinski definition) is 6. The maximum Gasteiger partial charge on any atom is 0.273 e. The van der Waals surface area contributed by atoms with Crippen LogP contribution < -0.4 is 11.1 Å². The SMILES string of the molecule is Cl.Cl.NCc1nc(C(=O)N2CCN(CC(=O)NC3CCCCC3)CC2)cs1. The molecule has 2 fully saturated rings. The first-order chi connectivity index (χ1) is 12.2. The standard InChI is InChI=1S/C17H27N5O2S.2ClH/c18-10-16-20-14(12-25-16)17(24)22-8-6-21(7-9-22)11-15(23)19-13-4-2-1-3-5-13;;/h12-13H,1-11,18H2,(H,19,23);2*1H. The van der Waals surface area contributed by atoms with Gasteiger partial charge < -0.3 is 16.0 Å². The third-order valence-electron chi connectivity index (χ3n) is 4.94. The molecule has 0 spiro atoms. The second-order valence-corrected chi connectivity index (χ2v) is 7.74. The summed E-state index contributed by atoms with van der Waals surface area (Å²) >= 11 is 1.42. The Hall–Kier alpha value is -0.930. The zero-order valence-electron chi connectivity index (χ0n) is 15.4. The second-order valence-electron chi connectivity index (χ2n) is 6.80. The number of hydrogen-bond donors (Lipinski definition) is 2. The maximum atomic E-state index is 12.5. The lowest BCUT2D eigenvalue weighted by atomic mass is 9.95. The summed E-state index contributed by atoms with van der Waals surface area (Å²) in [5.74, 6) is 0.0704. The number of carbonyl (C=O) groups excluding carboxylic acids is 2. The summed E-state index contributed by atoms with van der Waals surface area (Å²) in [5.41, 5.74) is 6.03. The quantitative estimate of drug-likeness (QED) is 0.730. The molecular weight excluding hydrogens is 409 g/mol. The Labute approximate surface area is 176 Å². The molecule has 2 heterocycles. The molecule has 0 radical (unpaired) electrons. The van der Waals surface area contributed by atoms with Crippen LogP contribution >= 0.6 is 36.2 Å². The number of carbonyl (C=O) groups is 2. The number of nitrogens with two attached hydrogens (primary N) is 1. The third-order valence-corrected chi connectivity index (χ3v) is 5.81. The fraction of sp³-hybridized carbons (Fsp3) is 0.706. The Morgan fingerprint density at radius 2 is 1.81 bits per heavy atom. The maximum absolute atomic E-state index is 12.5. The highest BCUT2D eigenvalue weighted by molar-refractivity contribution is 7.09. The molecular formula is C17H29Cl2N5O2S. The fourth-order valence-corrected chi connectivity index (χ4v) is 4.15. The first-order valence-electron chi connectivity index (χ1n) is 9.11. The van der Waals surface area contributed by atoms with Gasteiger partial charge in [-0.15, -0.1) is 36.2 Å². The molecule has 1 aliphatic heterocycles. The molecule has 1 aromatic heterocycles. The van der Waals surface area contributed by atoms with Gasteiger partial charge in [0.1, 0.15) is 10.7 Å². The smallest absolute Gasteiger partial charge is 0.273 e. The summed E-state index contributed by atoms with van der Waals surface area (Å²) in [6.45, 7) is 3.49. The highest BCUT2D eigenvalue weighted by Gasteiger charge is 2.25. The number of aromatic nitrogens is 1. The Morgan fingerprint density at radius 1 is 1.15 bits per heavy atom. The van der Waals surface area contributed by atoms with E-state index in [0.29, 0.717) is 37.9 Å². The Bertz CT molecular complexity index is 602. The molecule has 1 saturated heterocycles. The van der Waals surface area contributed by atoms with Gasteiger partial charge in [-0.2, -0.15) is 0 Å². The van der Waals surface area contributed by atoms with Gasteiger partial charge >= 0.3 is 0 Å². The molecule has 7 nitrogen and oxygen atoms in total. The summed E-state index contributed by atoms with van der Waals surface area (Å²) < 4.78 is 0. The topological polar surface area (TPSA) is 91.6 Å². The first-order valence-corrected chi connectivity index (χ1v) is 9.99. The van der Waals surface area contributed by atoms with Crippen LogP contribution in [0.5, 0.6) is 0 Å². The average molecular weight is 438 g/mol. The lowest BCUT2D eigenvalue weighted by Gasteiger charge is -2.34. The van der Waals surface area contributed by atoms with Crippen LogP contribution in [0, 0.1) is 0 Å².